The van der Waals surface area contributed by atoms with Crippen LogP contribution in [0.5, 0.6) is 0 Å². The number of nitrogens with one attached hydrogen (secondary N) is 2. The molecule has 0 unspecified atom stereocenters. The Kier molecular flexibility index (Phi) is 6.10. The maximum Gasteiger partial charge on any atom is 0.242 e. The summed E-state index contributed by atoms with van der Waals surface area (Å²) in [4.78, 5) is -0.231. The largest absolute Gasteiger partial charge is 0.382 e. The van der Waals surface area contributed by atoms with Crippen LogP contribution in [0.15, 0.2) is 28.0 Å². The molecule has 0 heterocycles. The van der Waals surface area contributed by atoms with E-state index in [4.69, 9.17) is 9.88 Å². The number of anilines is 1. The van der Waals surface area contributed by atoms with Crippen LogP contribution in [-0.2, 0) is 24.8 Å². The van der Waals surface area contributed by atoms with Crippen LogP contribution < -0.4 is 15.2 Å². The summed E-state index contributed by atoms with van der Waals surface area (Å²) in [5.74, 6) is 0. The molecule has 0 fully saturated rings. The van der Waals surface area contributed by atoms with Gasteiger partial charge in [-0.05, 0) is 32.2 Å². The average Bonchev–Trinajstić information content (AvgIpc) is 2.42. The lowest BCUT2D eigenvalue weighted by atomic mass is 10.3. The zero-order valence-corrected chi connectivity index (χ0v) is 13.4. The molecule has 0 aliphatic heterocycles. The second kappa shape index (κ2) is 7.18. The van der Waals surface area contributed by atoms with Gasteiger partial charge in [-0.3, -0.25) is 0 Å². The molecule has 0 aromatic heterocycles. The van der Waals surface area contributed by atoms with Gasteiger partial charge in [-0.2, -0.15) is 0 Å². The fourth-order valence-electron chi connectivity index (χ4n) is 1.57. The molecule has 1 aromatic rings. The van der Waals surface area contributed by atoms with E-state index in [1.807, 2.05) is 6.92 Å². The van der Waals surface area contributed by atoms with Gasteiger partial charge in [-0.15, -0.1) is 0 Å². The predicted molar refractivity (Wildman–Crippen MR) is 79.0 cm³/mol. The molecule has 0 spiro atoms. The van der Waals surface area contributed by atoms with E-state index in [1.165, 1.54) is 19.2 Å². The molecule has 0 aliphatic rings. The molecule has 0 saturated heterocycles. The van der Waals surface area contributed by atoms with Crippen molar-refractivity contribution >= 4 is 25.7 Å². The first-order valence-corrected chi connectivity index (χ1v) is 9.17. The smallest absolute Gasteiger partial charge is 0.242 e. The van der Waals surface area contributed by atoms with Crippen molar-refractivity contribution in [1.29, 1.82) is 0 Å². The summed E-state index contributed by atoms with van der Waals surface area (Å²) in [5.41, 5.74) is 0.149. The highest BCUT2D eigenvalue weighted by molar-refractivity contribution is 7.90. The summed E-state index contributed by atoms with van der Waals surface area (Å²) >= 11 is 0. The fraction of sp³-hybridized carbons (Fsp3) is 0.455. The van der Waals surface area contributed by atoms with Gasteiger partial charge >= 0.3 is 0 Å². The minimum atomic E-state index is -3.92. The van der Waals surface area contributed by atoms with Gasteiger partial charge in [0.05, 0.1) is 17.2 Å². The predicted octanol–water partition coefficient (Wildman–Crippen LogP) is -0.309. The number of sulfonamides is 2. The Morgan fingerprint density at radius 2 is 1.90 bits per heavy atom. The maximum absolute atomic E-state index is 11.9. The molecule has 4 N–H and O–H groups in total. The van der Waals surface area contributed by atoms with Crippen LogP contribution >= 0.6 is 0 Å². The second-order valence-electron chi connectivity index (χ2n) is 4.03. The first-order valence-electron chi connectivity index (χ1n) is 6.14. The number of ether oxygens (including phenoxy) is 1. The summed E-state index contributed by atoms with van der Waals surface area (Å²) in [7, 11) is -6.37. The molecule has 0 amide bonds. The highest BCUT2D eigenvalue weighted by Gasteiger charge is 2.19. The van der Waals surface area contributed by atoms with E-state index in [2.05, 4.69) is 10.0 Å². The van der Waals surface area contributed by atoms with Crippen LogP contribution in [0.2, 0.25) is 0 Å². The van der Waals surface area contributed by atoms with Crippen molar-refractivity contribution in [3.63, 3.8) is 0 Å². The monoisotopic (exact) mass is 337 g/mol. The van der Waals surface area contributed by atoms with Gasteiger partial charge in [-0.25, -0.2) is 26.7 Å². The van der Waals surface area contributed by atoms with Crippen LogP contribution in [0, 0.1) is 0 Å². The lowest BCUT2D eigenvalue weighted by Gasteiger charge is -2.13. The molecule has 0 bridgehead atoms. The molecule has 1 aromatic carbocycles. The summed E-state index contributed by atoms with van der Waals surface area (Å²) in [6, 6.07) is 3.52. The number of nitrogens with two attached hydrogens (primary N) is 1. The maximum atomic E-state index is 11.9. The Balaban J connectivity index is 3.19. The Morgan fingerprint density at radius 1 is 1.24 bits per heavy atom. The molecule has 0 saturated carbocycles. The first kappa shape index (κ1) is 17.9. The SMILES string of the molecule is CCOCCNc1cc(S(N)(=O)=O)ccc1S(=O)(=O)NC. The van der Waals surface area contributed by atoms with Crippen LogP contribution in [0.25, 0.3) is 0 Å². The fourth-order valence-corrected chi connectivity index (χ4v) is 3.00. The van der Waals surface area contributed by atoms with E-state index in [1.54, 1.807) is 0 Å². The lowest BCUT2D eigenvalue weighted by molar-refractivity contribution is 0.158. The van der Waals surface area contributed by atoms with Crippen molar-refractivity contribution < 1.29 is 21.6 Å². The summed E-state index contributed by atoms with van der Waals surface area (Å²) < 4.78 is 53.8. The zero-order valence-electron chi connectivity index (χ0n) is 11.8. The minimum Gasteiger partial charge on any atom is -0.382 e. The van der Waals surface area contributed by atoms with Crippen LogP contribution in [0.1, 0.15) is 6.92 Å². The number of benzene rings is 1. The molecule has 0 aliphatic carbocycles. The van der Waals surface area contributed by atoms with E-state index in [-0.39, 0.29) is 15.5 Å². The Morgan fingerprint density at radius 3 is 2.43 bits per heavy atom. The summed E-state index contributed by atoms with van der Waals surface area (Å²) in [6.45, 7) is 3.04. The van der Waals surface area contributed by atoms with E-state index in [0.717, 1.165) is 6.07 Å². The third-order valence-corrected chi connectivity index (χ3v) is 4.99. The molecule has 120 valence electrons. The molecule has 21 heavy (non-hydrogen) atoms. The molecule has 8 nitrogen and oxygen atoms in total. The highest BCUT2D eigenvalue weighted by atomic mass is 32.2. The highest BCUT2D eigenvalue weighted by Crippen LogP contribution is 2.24. The number of hydrogen-bond acceptors (Lipinski definition) is 6. The zero-order chi connectivity index (χ0) is 16.1. The summed E-state index contributed by atoms with van der Waals surface area (Å²) in [6.07, 6.45) is 0. The Labute approximate surface area is 124 Å². The van der Waals surface area contributed by atoms with Gasteiger partial charge in [0, 0.05) is 13.2 Å². The Hall–Kier alpha value is -1.20. The minimum absolute atomic E-state index is 0.0612. The normalized spacial score (nSPS) is 12.3. The van der Waals surface area contributed by atoms with E-state index < -0.39 is 20.0 Å². The number of rotatable bonds is 8. The van der Waals surface area contributed by atoms with Crippen molar-refractivity contribution in [1.82, 2.24) is 4.72 Å². The number of primary sulfonamides is 1. The Bertz CT molecular complexity index is 686. The topological polar surface area (TPSA) is 128 Å². The van der Waals surface area contributed by atoms with Gasteiger partial charge in [0.1, 0.15) is 4.90 Å². The molecular formula is C11H19N3O5S2. The van der Waals surface area contributed by atoms with Crippen molar-refractivity contribution in [2.45, 2.75) is 16.7 Å². The molecular weight excluding hydrogens is 318 g/mol. The standard InChI is InChI=1S/C11H19N3O5S2/c1-3-19-7-6-14-10-8-9(20(12,15)16)4-5-11(10)21(17,18)13-2/h4-5,8,13-14H,3,6-7H2,1-2H3,(H2,12,15,16). The van der Waals surface area contributed by atoms with Gasteiger partial charge in [0.2, 0.25) is 20.0 Å². The van der Waals surface area contributed by atoms with Crippen LogP contribution in [0.4, 0.5) is 5.69 Å². The molecule has 0 radical (unpaired) electrons. The molecule has 1 rings (SSSR count). The van der Waals surface area contributed by atoms with Crippen molar-refractivity contribution in [2.75, 3.05) is 32.1 Å². The van der Waals surface area contributed by atoms with Crippen LogP contribution in [0.3, 0.4) is 0 Å². The van der Waals surface area contributed by atoms with Crippen molar-refractivity contribution in [2.24, 2.45) is 5.14 Å². The first-order chi connectivity index (χ1) is 9.72. The van der Waals surface area contributed by atoms with Crippen LogP contribution in [-0.4, -0.2) is 43.6 Å². The van der Waals surface area contributed by atoms with Gasteiger partial charge in [0.25, 0.3) is 0 Å². The summed E-state index contributed by atoms with van der Waals surface area (Å²) in [5, 5.41) is 7.89. The lowest BCUT2D eigenvalue weighted by Crippen LogP contribution is -2.22. The van der Waals surface area contributed by atoms with E-state index >= 15 is 0 Å². The quantitative estimate of drug-likeness (QED) is 0.558. The number of hydrogen-bond donors (Lipinski definition) is 3. The molecule has 0 atom stereocenters. The molecule has 10 heteroatoms. The van der Waals surface area contributed by atoms with Gasteiger partial charge in [-0.1, -0.05) is 0 Å². The average molecular weight is 337 g/mol. The van der Waals surface area contributed by atoms with Crippen molar-refractivity contribution in [3.8, 4) is 0 Å². The van der Waals surface area contributed by atoms with E-state index in [0.29, 0.717) is 19.8 Å². The van der Waals surface area contributed by atoms with E-state index in [9.17, 15) is 16.8 Å². The van der Waals surface area contributed by atoms with Gasteiger partial charge in [0.15, 0.2) is 0 Å². The van der Waals surface area contributed by atoms with Crippen molar-refractivity contribution in [3.05, 3.63) is 18.2 Å². The second-order valence-corrected chi connectivity index (χ2v) is 7.45. The van der Waals surface area contributed by atoms with Gasteiger partial charge < -0.3 is 10.1 Å². The third kappa shape index (κ3) is 4.93. The third-order valence-electron chi connectivity index (χ3n) is 2.60.